The van der Waals surface area contributed by atoms with Gasteiger partial charge in [0.2, 0.25) is 10.0 Å². The Hall–Kier alpha value is -1.80. The van der Waals surface area contributed by atoms with Gasteiger partial charge in [0.05, 0.1) is 19.4 Å². The summed E-state index contributed by atoms with van der Waals surface area (Å²) >= 11 is 0. The Morgan fingerprint density at radius 1 is 1.22 bits per heavy atom. The third-order valence-corrected chi connectivity index (χ3v) is 5.98. The minimum Gasteiger partial charge on any atom is -0.497 e. The molecule has 1 saturated carbocycles. The molecule has 3 N–H and O–H groups in total. The molecule has 1 aliphatic rings. The molecule has 1 aliphatic carbocycles. The summed E-state index contributed by atoms with van der Waals surface area (Å²) in [6.07, 6.45) is 4.31. The number of sulfonamides is 1. The summed E-state index contributed by atoms with van der Waals surface area (Å²) in [5, 5.41) is 6.39. The second-order valence-electron chi connectivity index (χ2n) is 6.75. The fourth-order valence-corrected chi connectivity index (χ4v) is 3.72. The van der Waals surface area contributed by atoms with Gasteiger partial charge in [-0.25, -0.2) is 13.1 Å². The van der Waals surface area contributed by atoms with Crippen molar-refractivity contribution in [3.8, 4) is 5.75 Å². The summed E-state index contributed by atoms with van der Waals surface area (Å²) in [5.41, 5.74) is 1.20. The van der Waals surface area contributed by atoms with E-state index in [2.05, 4.69) is 20.3 Å². The van der Waals surface area contributed by atoms with Crippen LogP contribution in [-0.4, -0.2) is 53.4 Å². The zero-order chi connectivity index (χ0) is 19.5. The number of guanidine groups is 1. The van der Waals surface area contributed by atoms with E-state index < -0.39 is 10.0 Å². The number of hydrogen-bond acceptors (Lipinski definition) is 4. The molecule has 0 saturated heterocycles. The highest BCUT2D eigenvalue weighted by atomic mass is 32.2. The predicted molar refractivity (Wildman–Crippen MR) is 110 cm³/mol. The molecular formula is C19H32N4O3S. The molecule has 0 aromatic heterocycles. The molecule has 0 aliphatic heterocycles. The van der Waals surface area contributed by atoms with Crippen LogP contribution < -0.4 is 20.1 Å². The molecule has 7 nitrogen and oxygen atoms in total. The highest BCUT2D eigenvalue weighted by molar-refractivity contribution is 7.89. The summed E-state index contributed by atoms with van der Waals surface area (Å²) in [6, 6.07) is 7.95. The Labute approximate surface area is 163 Å². The largest absolute Gasteiger partial charge is 0.497 e. The van der Waals surface area contributed by atoms with Crippen LogP contribution in [0.3, 0.4) is 0 Å². The number of hydrogen-bond donors (Lipinski definition) is 3. The first-order chi connectivity index (χ1) is 13.0. The first-order valence-electron chi connectivity index (χ1n) is 9.65. The maximum absolute atomic E-state index is 12.0. The molecule has 0 heterocycles. The zero-order valence-electron chi connectivity index (χ0n) is 16.3. The SMILES string of the molecule is CCNC(=NCCS(=O)(=O)NCC1CCC1)NCCc1ccc(OC)cc1. The average molecular weight is 397 g/mol. The summed E-state index contributed by atoms with van der Waals surface area (Å²) in [4.78, 5) is 4.37. The van der Waals surface area contributed by atoms with Gasteiger partial charge >= 0.3 is 0 Å². The van der Waals surface area contributed by atoms with Crippen molar-refractivity contribution in [1.82, 2.24) is 15.4 Å². The first-order valence-corrected chi connectivity index (χ1v) is 11.3. The van der Waals surface area contributed by atoms with Gasteiger partial charge < -0.3 is 15.4 Å². The van der Waals surface area contributed by atoms with Gasteiger partial charge in [-0.15, -0.1) is 0 Å². The van der Waals surface area contributed by atoms with E-state index in [1.165, 1.54) is 12.0 Å². The highest BCUT2D eigenvalue weighted by Crippen LogP contribution is 2.25. The van der Waals surface area contributed by atoms with Crippen molar-refractivity contribution in [1.29, 1.82) is 0 Å². The quantitative estimate of drug-likeness (QED) is 0.390. The fourth-order valence-electron chi connectivity index (χ4n) is 2.75. The molecule has 0 atom stereocenters. The van der Waals surface area contributed by atoms with Gasteiger partial charge in [0, 0.05) is 19.6 Å². The molecule has 1 aromatic rings. The standard InChI is InChI=1S/C19H32N4O3S/c1-3-20-19(21-12-11-16-7-9-18(26-2)10-8-16)22-13-14-27(24,25)23-15-17-5-4-6-17/h7-10,17,23H,3-6,11-15H2,1-2H3,(H2,20,21,22). The maximum Gasteiger partial charge on any atom is 0.213 e. The van der Waals surface area contributed by atoms with E-state index in [1.54, 1.807) is 7.11 Å². The van der Waals surface area contributed by atoms with Gasteiger partial charge in [-0.3, -0.25) is 4.99 Å². The van der Waals surface area contributed by atoms with Gasteiger partial charge in [0.25, 0.3) is 0 Å². The van der Waals surface area contributed by atoms with Gasteiger partial charge in [0.1, 0.15) is 5.75 Å². The topological polar surface area (TPSA) is 91.8 Å². The Morgan fingerprint density at radius 2 is 1.96 bits per heavy atom. The molecule has 0 bridgehead atoms. The van der Waals surface area contributed by atoms with Gasteiger partial charge in [-0.05, 0) is 49.8 Å². The van der Waals surface area contributed by atoms with Crippen molar-refractivity contribution in [2.45, 2.75) is 32.6 Å². The fraction of sp³-hybridized carbons (Fsp3) is 0.632. The molecule has 0 unspecified atom stereocenters. The Bertz CT molecular complexity index is 685. The van der Waals surface area contributed by atoms with Crippen LogP contribution in [0.25, 0.3) is 0 Å². The van der Waals surface area contributed by atoms with Gasteiger partial charge in [-0.1, -0.05) is 18.6 Å². The molecule has 2 rings (SSSR count). The van der Waals surface area contributed by atoms with Crippen LogP contribution >= 0.6 is 0 Å². The van der Waals surface area contributed by atoms with Crippen molar-refractivity contribution >= 4 is 16.0 Å². The van der Waals surface area contributed by atoms with Crippen LogP contribution in [0.15, 0.2) is 29.3 Å². The lowest BCUT2D eigenvalue weighted by molar-refractivity contribution is 0.316. The van der Waals surface area contributed by atoms with Crippen molar-refractivity contribution < 1.29 is 13.2 Å². The molecule has 0 amide bonds. The smallest absolute Gasteiger partial charge is 0.213 e. The zero-order valence-corrected chi connectivity index (χ0v) is 17.1. The molecule has 0 radical (unpaired) electrons. The van der Waals surface area contributed by atoms with Crippen molar-refractivity contribution in [2.24, 2.45) is 10.9 Å². The summed E-state index contributed by atoms with van der Waals surface area (Å²) < 4.78 is 31.9. The second-order valence-corrected chi connectivity index (χ2v) is 8.68. The van der Waals surface area contributed by atoms with Crippen LogP contribution in [0, 0.1) is 5.92 Å². The van der Waals surface area contributed by atoms with Crippen molar-refractivity contribution in [3.63, 3.8) is 0 Å². The monoisotopic (exact) mass is 396 g/mol. The number of aliphatic imine (C=N–C) groups is 1. The van der Waals surface area contributed by atoms with Crippen LogP contribution in [0.4, 0.5) is 0 Å². The lowest BCUT2D eigenvalue weighted by Crippen LogP contribution is -2.39. The first kappa shape index (κ1) is 21.5. The molecule has 1 aromatic carbocycles. The second kappa shape index (κ2) is 11.1. The molecule has 0 spiro atoms. The Balaban J connectivity index is 1.73. The van der Waals surface area contributed by atoms with E-state index >= 15 is 0 Å². The van der Waals surface area contributed by atoms with Crippen molar-refractivity contribution in [3.05, 3.63) is 29.8 Å². The lowest BCUT2D eigenvalue weighted by atomic mass is 9.86. The molecule has 8 heteroatoms. The van der Waals surface area contributed by atoms with Crippen LogP contribution in [0.2, 0.25) is 0 Å². The average Bonchev–Trinajstić information content (AvgIpc) is 2.60. The summed E-state index contributed by atoms with van der Waals surface area (Å²) in [5.74, 6) is 2.00. The van der Waals surface area contributed by atoms with E-state index in [1.807, 2.05) is 31.2 Å². The minimum absolute atomic E-state index is 0.00870. The minimum atomic E-state index is -3.26. The summed E-state index contributed by atoms with van der Waals surface area (Å²) in [6.45, 7) is 4.22. The van der Waals surface area contributed by atoms with E-state index in [-0.39, 0.29) is 12.3 Å². The molecule has 27 heavy (non-hydrogen) atoms. The van der Waals surface area contributed by atoms with Crippen LogP contribution in [0.1, 0.15) is 31.7 Å². The van der Waals surface area contributed by atoms with Crippen LogP contribution in [0.5, 0.6) is 5.75 Å². The number of nitrogens with one attached hydrogen (secondary N) is 3. The number of benzene rings is 1. The number of methoxy groups -OCH3 is 1. The van der Waals surface area contributed by atoms with Gasteiger partial charge in [0.15, 0.2) is 5.96 Å². The van der Waals surface area contributed by atoms with E-state index in [0.717, 1.165) is 31.6 Å². The Morgan fingerprint density at radius 3 is 2.56 bits per heavy atom. The Kier molecular flexibility index (Phi) is 8.87. The normalized spacial score (nSPS) is 15.3. The van der Waals surface area contributed by atoms with Gasteiger partial charge in [-0.2, -0.15) is 0 Å². The lowest BCUT2D eigenvalue weighted by Gasteiger charge is -2.25. The number of rotatable bonds is 11. The third-order valence-electron chi connectivity index (χ3n) is 4.66. The molecule has 1 fully saturated rings. The van der Waals surface area contributed by atoms with Crippen molar-refractivity contribution in [2.75, 3.05) is 39.0 Å². The van der Waals surface area contributed by atoms with E-state index in [4.69, 9.17) is 4.74 Å². The predicted octanol–water partition coefficient (Wildman–Crippen LogP) is 1.51. The van der Waals surface area contributed by atoms with E-state index in [9.17, 15) is 8.42 Å². The molecular weight excluding hydrogens is 364 g/mol. The third kappa shape index (κ3) is 8.17. The van der Waals surface area contributed by atoms with E-state index in [0.29, 0.717) is 25.0 Å². The summed E-state index contributed by atoms with van der Waals surface area (Å²) in [7, 11) is -1.61. The number of nitrogens with zero attached hydrogens (tertiary/aromatic N) is 1. The highest BCUT2D eigenvalue weighted by Gasteiger charge is 2.19. The molecule has 152 valence electrons. The number of ether oxygens (including phenoxy) is 1. The van der Waals surface area contributed by atoms with Crippen LogP contribution in [-0.2, 0) is 16.4 Å². The maximum atomic E-state index is 12.0.